The molecule has 3 aromatic rings. The van der Waals surface area contributed by atoms with Crippen molar-refractivity contribution in [3.63, 3.8) is 0 Å². The third-order valence-corrected chi connectivity index (χ3v) is 14.9. The third-order valence-electron chi connectivity index (χ3n) is 13.0. The average molecular weight is 1000 g/mol. The summed E-state index contributed by atoms with van der Waals surface area (Å²) in [5.74, 6) is -1.81. The van der Waals surface area contributed by atoms with E-state index in [-0.39, 0.29) is 72.7 Å². The van der Waals surface area contributed by atoms with Gasteiger partial charge in [0, 0.05) is 35.0 Å². The van der Waals surface area contributed by atoms with Crippen LogP contribution in [0.25, 0.3) is 0 Å². The summed E-state index contributed by atoms with van der Waals surface area (Å²) in [7, 11) is 3.37. The number of likely N-dealkylation sites (tertiary alicyclic amines) is 2. The molecule has 2 heterocycles. The summed E-state index contributed by atoms with van der Waals surface area (Å²) in [6.45, 7) is 19.2. The number of nitrogens with one attached hydrogen (secondary N) is 8. The number of nitrogens with zero attached hydrogens (tertiary/aromatic N) is 2. The molecule has 0 bridgehead atoms. The van der Waals surface area contributed by atoms with Crippen molar-refractivity contribution in [1.82, 2.24) is 51.1 Å². The van der Waals surface area contributed by atoms with E-state index < -0.39 is 47.1 Å². The van der Waals surface area contributed by atoms with Gasteiger partial charge >= 0.3 is 0 Å². The summed E-state index contributed by atoms with van der Waals surface area (Å²) in [4.78, 5) is 88.5. The van der Waals surface area contributed by atoms with Gasteiger partial charge in [-0.05, 0) is 119 Å². The normalized spacial score (nSPS) is 20.9. The number of hydrogen-bond donors (Lipinski definition) is 8. The van der Waals surface area contributed by atoms with Gasteiger partial charge in [0.25, 0.3) is 0 Å². The molecule has 0 saturated carbocycles. The number of carbonyl (C=O) groups is 6. The molecule has 0 radical (unpaired) electrons. The van der Waals surface area contributed by atoms with E-state index in [1.54, 1.807) is 37.7 Å². The van der Waals surface area contributed by atoms with E-state index in [9.17, 15) is 28.8 Å². The second kappa shape index (κ2) is 24.9. The van der Waals surface area contributed by atoms with E-state index in [1.807, 2.05) is 140 Å². The molecule has 2 saturated heterocycles. The molecule has 0 aromatic heterocycles. The molecule has 0 aliphatic carbocycles. The Kier molecular flexibility index (Phi) is 19.9. The zero-order chi connectivity index (χ0) is 51.5. The number of hydrogen-bond acceptors (Lipinski definition) is 12. The summed E-state index contributed by atoms with van der Waals surface area (Å²) in [6, 6.07) is 21.7. The number of benzene rings is 3. The van der Waals surface area contributed by atoms with Crippen LogP contribution in [0, 0.1) is 10.8 Å². The van der Waals surface area contributed by atoms with Crippen molar-refractivity contribution in [3.8, 4) is 0 Å². The lowest BCUT2D eigenvalue weighted by molar-refractivity contribution is -0.144. The fourth-order valence-corrected chi connectivity index (χ4v) is 10.1. The highest BCUT2D eigenvalue weighted by Gasteiger charge is 2.47. The lowest BCUT2D eigenvalue weighted by atomic mass is 9.85. The SMILES string of the molecule is CN[C@@H](C)C(=O)N[C@H](C(=O)N1C[C@@H](NSc2cccc(SN[C@H]3C[C@@H](C(=O)N[C@H](C)c4ccccc4)N(C(=O)[C@@H](NC(=O)[C@H](C)NC)C(C)(C)C)C3)c2)C[C@H]1C(=O)N[C@H](C)c1ccccc1)C(C)(C)C. The van der Waals surface area contributed by atoms with Crippen LogP contribution >= 0.6 is 23.9 Å². The highest BCUT2D eigenvalue weighted by molar-refractivity contribution is 7.98. The molecule has 382 valence electrons. The largest absolute Gasteiger partial charge is 0.348 e. The predicted molar refractivity (Wildman–Crippen MR) is 278 cm³/mol. The molecule has 70 heavy (non-hydrogen) atoms. The van der Waals surface area contributed by atoms with Crippen LogP contribution in [0.2, 0.25) is 0 Å². The Balaban J connectivity index is 1.30. The van der Waals surface area contributed by atoms with E-state index in [2.05, 4.69) is 41.3 Å². The second-order valence-corrected chi connectivity index (χ2v) is 22.5. The van der Waals surface area contributed by atoms with Gasteiger partial charge in [-0.2, -0.15) is 0 Å². The first-order valence-corrected chi connectivity index (χ1v) is 25.9. The minimum atomic E-state index is -0.884. The first-order valence-electron chi connectivity index (χ1n) is 24.2. The van der Waals surface area contributed by atoms with Crippen molar-refractivity contribution in [1.29, 1.82) is 0 Å². The van der Waals surface area contributed by atoms with E-state index >= 15 is 0 Å². The number of carbonyl (C=O) groups excluding carboxylic acids is 6. The Morgan fingerprint density at radius 1 is 0.529 bits per heavy atom. The molecule has 0 spiro atoms. The highest BCUT2D eigenvalue weighted by atomic mass is 32.2. The van der Waals surface area contributed by atoms with E-state index in [4.69, 9.17) is 0 Å². The van der Waals surface area contributed by atoms with E-state index in [0.717, 1.165) is 20.9 Å². The Morgan fingerprint density at radius 2 is 0.886 bits per heavy atom. The smallest absolute Gasteiger partial charge is 0.246 e. The molecule has 8 N–H and O–H groups in total. The average Bonchev–Trinajstić information content (AvgIpc) is 3.98. The van der Waals surface area contributed by atoms with Crippen molar-refractivity contribution < 1.29 is 28.8 Å². The van der Waals surface area contributed by atoms with E-state index in [1.165, 1.54) is 23.9 Å². The van der Waals surface area contributed by atoms with Crippen molar-refractivity contribution >= 4 is 59.3 Å². The summed E-state index contributed by atoms with van der Waals surface area (Å²) in [6.07, 6.45) is 0.702. The van der Waals surface area contributed by atoms with Gasteiger partial charge in [-0.25, -0.2) is 0 Å². The molecule has 10 atom stereocenters. The maximum atomic E-state index is 14.5. The molecule has 0 unspecified atom stereocenters. The Labute approximate surface area is 423 Å². The Hall–Kier alpha value is -4.98. The van der Waals surface area contributed by atoms with Crippen molar-refractivity contribution in [2.45, 2.75) is 152 Å². The monoisotopic (exact) mass is 1000 g/mol. The van der Waals surface area contributed by atoms with Gasteiger partial charge in [0.05, 0.1) is 24.2 Å². The maximum absolute atomic E-state index is 14.5. The molecule has 6 amide bonds. The Bertz CT molecular complexity index is 2110. The topological polar surface area (TPSA) is 205 Å². The predicted octanol–water partition coefficient (Wildman–Crippen LogP) is 4.85. The second-order valence-electron chi connectivity index (χ2n) is 20.7. The van der Waals surface area contributed by atoms with Gasteiger partial charge in [0.15, 0.2) is 0 Å². The summed E-state index contributed by atoms with van der Waals surface area (Å²) >= 11 is 2.80. The zero-order valence-electron chi connectivity index (χ0n) is 42.8. The lowest BCUT2D eigenvalue weighted by Gasteiger charge is -2.36. The highest BCUT2D eigenvalue weighted by Crippen LogP contribution is 2.32. The zero-order valence-corrected chi connectivity index (χ0v) is 44.5. The van der Waals surface area contributed by atoms with Crippen LogP contribution in [0.4, 0.5) is 0 Å². The first kappa shape index (κ1) is 55.9. The van der Waals surface area contributed by atoms with Crippen LogP contribution in [0.5, 0.6) is 0 Å². The molecular weight excluding hydrogens is 925 g/mol. The molecule has 5 rings (SSSR count). The van der Waals surface area contributed by atoms with Crippen molar-refractivity contribution in [3.05, 3.63) is 96.1 Å². The number of likely N-dealkylation sites (N-methyl/N-ethyl adjacent to an activating group) is 2. The molecule has 2 fully saturated rings. The summed E-state index contributed by atoms with van der Waals surface area (Å²) in [5, 5.41) is 18.0. The Morgan fingerprint density at radius 3 is 1.21 bits per heavy atom. The van der Waals surface area contributed by atoms with Gasteiger partial charge in [0.2, 0.25) is 35.4 Å². The van der Waals surface area contributed by atoms with Gasteiger partial charge in [-0.1, -0.05) is 108 Å². The van der Waals surface area contributed by atoms with E-state index in [0.29, 0.717) is 12.8 Å². The van der Waals surface area contributed by atoms with Crippen LogP contribution < -0.4 is 41.3 Å². The minimum Gasteiger partial charge on any atom is -0.348 e. The molecule has 18 heteroatoms. The fourth-order valence-electron chi connectivity index (χ4n) is 8.43. The van der Waals surface area contributed by atoms with Crippen LogP contribution in [-0.2, 0) is 28.8 Å². The van der Waals surface area contributed by atoms with Gasteiger partial charge < -0.3 is 41.7 Å². The van der Waals surface area contributed by atoms with Crippen LogP contribution in [0.15, 0.2) is 94.7 Å². The minimum absolute atomic E-state index is 0.244. The van der Waals surface area contributed by atoms with Gasteiger partial charge in [-0.3, -0.25) is 38.2 Å². The van der Waals surface area contributed by atoms with Gasteiger partial charge in [0.1, 0.15) is 24.2 Å². The number of amides is 6. The summed E-state index contributed by atoms with van der Waals surface area (Å²) < 4.78 is 7.05. The van der Waals surface area contributed by atoms with Crippen LogP contribution in [-0.4, -0.2) is 121 Å². The van der Waals surface area contributed by atoms with Crippen LogP contribution in [0.1, 0.15) is 105 Å². The molecule has 2 aliphatic rings. The summed E-state index contributed by atoms with van der Waals surface area (Å²) in [5.41, 5.74) is 0.584. The quantitative estimate of drug-likeness (QED) is 0.0717. The van der Waals surface area contributed by atoms with Crippen LogP contribution in [0.3, 0.4) is 0 Å². The molecule has 3 aromatic carbocycles. The van der Waals surface area contributed by atoms with Crippen molar-refractivity contribution in [2.75, 3.05) is 27.2 Å². The third kappa shape index (κ3) is 15.0. The molecule has 2 aliphatic heterocycles. The molecular formula is C52H76N10O6S2. The maximum Gasteiger partial charge on any atom is 0.246 e. The first-order chi connectivity index (χ1) is 33.0. The molecule has 16 nitrogen and oxygen atoms in total. The number of rotatable bonds is 20. The standard InChI is InChI=1S/C52H76N10O6S2/c1-31(35-20-15-13-16-21-35)55-47(65)41-26-37(29-61(41)49(67)43(51(5,6)7)57-45(63)33(3)53-11)59-69-39-24-19-25-40(28-39)70-60-38-27-42(48(66)56-32(2)36-22-17-14-18-23-36)62(30-38)50(68)44(52(8,9)10)58-46(64)34(4)54-12/h13-25,28,31-34,37-38,41-44,53-54,59-60H,26-27,29-30H2,1-12H3,(H,55,65)(H,56,66)(H,57,63)(H,58,64)/t31-,32-,33+,34+,37+,38+,41+,42+,43-,44-/m1/s1. The lowest BCUT2D eigenvalue weighted by Crippen LogP contribution is -2.59. The van der Waals surface area contributed by atoms with Crippen molar-refractivity contribution in [2.24, 2.45) is 10.8 Å². The fraction of sp³-hybridized carbons (Fsp3) is 0.538. The van der Waals surface area contributed by atoms with Gasteiger partial charge in [-0.15, -0.1) is 0 Å².